The third kappa shape index (κ3) is 3.34. The van der Waals surface area contributed by atoms with Crippen LogP contribution in [-0.4, -0.2) is 29.4 Å². The number of fused-ring (bicyclic) bond motifs is 1. The smallest absolute Gasteiger partial charge is 0.345 e. The summed E-state index contributed by atoms with van der Waals surface area (Å²) >= 11 is 0. The van der Waals surface area contributed by atoms with Gasteiger partial charge in [0, 0.05) is 19.4 Å². The minimum absolute atomic E-state index is 0.0206. The molecule has 1 heterocycles. The number of allylic oxidation sites excluding steroid dienone is 1. The molecular weight excluding hydrogens is 324 g/mol. The highest BCUT2D eigenvalue weighted by molar-refractivity contribution is 6.04. The second-order valence-electron chi connectivity index (χ2n) is 6.58. The fraction of sp³-hybridized carbons (Fsp3) is 0.474. The van der Waals surface area contributed by atoms with Gasteiger partial charge in [-0.1, -0.05) is 19.9 Å². The van der Waals surface area contributed by atoms with Crippen molar-refractivity contribution in [2.24, 2.45) is 0 Å². The van der Waals surface area contributed by atoms with Gasteiger partial charge in [-0.05, 0) is 24.8 Å². The van der Waals surface area contributed by atoms with E-state index >= 15 is 0 Å². The quantitative estimate of drug-likeness (QED) is 0.645. The molecule has 136 valence electrons. The Balaban J connectivity index is 2.90. The van der Waals surface area contributed by atoms with E-state index in [0.29, 0.717) is 11.1 Å². The first-order valence-corrected chi connectivity index (χ1v) is 8.26. The Hall–Kier alpha value is -2.50. The van der Waals surface area contributed by atoms with Crippen molar-refractivity contribution < 1.29 is 28.9 Å². The highest BCUT2D eigenvalue weighted by atomic mass is 16.7. The van der Waals surface area contributed by atoms with Gasteiger partial charge in [-0.2, -0.15) is 0 Å². The maximum Gasteiger partial charge on any atom is 0.345 e. The Morgan fingerprint density at radius 2 is 2.00 bits per heavy atom. The summed E-state index contributed by atoms with van der Waals surface area (Å²) in [5.74, 6) is -2.71. The molecule has 0 aromatic heterocycles. The Bertz CT molecular complexity index is 730. The third-order valence-corrected chi connectivity index (χ3v) is 3.86. The lowest BCUT2D eigenvalue weighted by Gasteiger charge is -2.35. The fourth-order valence-corrected chi connectivity index (χ4v) is 2.96. The molecule has 0 unspecified atom stereocenters. The second kappa shape index (κ2) is 6.78. The van der Waals surface area contributed by atoms with Crippen LogP contribution in [0.25, 0.3) is 0 Å². The number of rotatable bonds is 5. The first-order valence-electron chi connectivity index (χ1n) is 8.26. The number of esters is 2. The van der Waals surface area contributed by atoms with E-state index < -0.39 is 17.7 Å². The normalized spacial score (nSPS) is 15.2. The molecule has 6 nitrogen and oxygen atoms in total. The van der Waals surface area contributed by atoms with Crippen LogP contribution in [0.2, 0.25) is 0 Å². The van der Waals surface area contributed by atoms with Crippen LogP contribution in [0.15, 0.2) is 12.7 Å². The first-order chi connectivity index (χ1) is 11.6. The highest BCUT2D eigenvalue weighted by Gasteiger charge is 2.41. The van der Waals surface area contributed by atoms with Crippen molar-refractivity contribution in [3.8, 4) is 11.5 Å². The Morgan fingerprint density at radius 1 is 1.36 bits per heavy atom. The molecule has 25 heavy (non-hydrogen) atoms. The van der Waals surface area contributed by atoms with Crippen molar-refractivity contribution in [1.29, 1.82) is 0 Å². The zero-order valence-electron chi connectivity index (χ0n) is 15.3. The van der Waals surface area contributed by atoms with Gasteiger partial charge in [0.25, 0.3) is 0 Å². The van der Waals surface area contributed by atoms with E-state index in [1.54, 1.807) is 26.8 Å². The molecule has 1 aliphatic rings. The van der Waals surface area contributed by atoms with Crippen LogP contribution < -0.4 is 4.74 Å². The van der Waals surface area contributed by atoms with Gasteiger partial charge in [-0.3, -0.25) is 0 Å². The molecule has 0 saturated heterocycles. The minimum Gasteiger partial charge on any atom is -0.507 e. The molecule has 0 saturated carbocycles. The van der Waals surface area contributed by atoms with E-state index in [9.17, 15) is 14.7 Å². The largest absolute Gasteiger partial charge is 0.507 e. The average molecular weight is 348 g/mol. The number of hydrogen-bond acceptors (Lipinski definition) is 6. The maximum atomic E-state index is 12.7. The minimum atomic E-state index is -1.17. The van der Waals surface area contributed by atoms with Gasteiger partial charge < -0.3 is 19.3 Å². The molecular formula is C19H24O6. The van der Waals surface area contributed by atoms with Crippen molar-refractivity contribution in [3.63, 3.8) is 0 Å². The molecule has 0 amide bonds. The average Bonchev–Trinajstić information content (AvgIpc) is 2.48. The summed E-state index contributed by atoms with van der Waals surface area (Å²) in [4.78, 5) is 25.1. The van der Waals surface area contributed by atoms with Crippen molar-refractivity contribution in [1.82, 2.24) is 0 Å². The van der Waals surface area contributed by atoms with Crippen LogP contribution in [0.3, 0.4) is 0 Å². The van der Waals surface area contributed by atoms with Gasteiger partial charge in [0.15, 0.2) is 0 Å². The Morgan fingerprint density at radius 3 is 2.52 bits per heavy atom. The number of carbonyl (C=O) groups excluding carboxylic acids is 2. The zero-order valence-corrected chi connectivity index (χ0v) is 15.3. The number of ether oxygens (including phenoxy) is 3. The van der Waals surface area contributed by atoms with Crippen LogP contribution in [0.5, 0.6) is 11.5 Å². The molecule has 1 aromatic carbocycles. The van der Waals surface area contributed by atoms with Gasteiger partial charge in [-0.15, -0.1) is 6.58 Å². The van der Waals surface area contributed by atoms with Crippen LogP contribution >= 0.6 is 0 Å². The van der Waals surface area contributed by atoms with E-state index in [4.69, 9.17) is 14.2 Å². The third-order valence-electron chi connectivity index (χ3n) is 3.86. The molecule has 6 heteroatoms. The van der Waals surface area contributed by atoms with Crippen molar-refractivity contribution >= 4 is 11.9 Å². The Labute approximate surface area is 147 Å². The van der Waals surface area contributed by atoms with Gasteiger partial charge in [0.05, 0.1) is 6.61 Å². The summed E-state index contributed by atoms with van der Waals surface area (Å²) in [5, 5.41) is 10.8. The van der Waals surface area contributed by atoms with Gasteiger partial charge in [-0.25, -0.2) is 9.59 Å². The molecule has 0 aliphatic carbocycles. The van der Waals surface area contributed by atoms with Crippen molar-refractivity contribution in [2.45, 2.75) is 52.7 Å². The standard InChI is InChI=1S/C19H24O6/c1-7-9-11-15(20)13(17(21)23-8-2)12(10(3)4)14-16(11)24-19(5,6)25-18(14)22/h7,10,20H,1,8-9H2,2-6H3. The van der Waals surface area contributed by atoms with Crippen LogP contribution in [-0.2, 0) is 15.9 Å². The molecule has 0 fully saturated rings. The summed E-state index contributed by atoms with van der Waals surface area (Å²) in [7, 11) is 0. The maximum absolute atomic E-state index is 12.7. The second-order valence-corrected chi connectivity index (χ2v) is 6.58. The van der Waals surface area contributed by atoms with Crippen molar-refractivity contribution in [2.75, 3.05) is 6.61 Å². The van der Waals surface area contributed by atoms with Gasteiger partial charge in [0.1, 0.15) is 22.6 Å². The van der Waals surface area contributed by atoms with Gasteiger partial charge in [0.2, 0.25) is 5.79 Å². The summed E-state index contributed by atoms with van der Waals surface area (Å²) in [5.41, 5.74) is 0.821. The molecule has 1 N–H and O–H groups in total. The SMILES string of the molecule is C=CCc1c(O)c(C(=O)OCC)c(C(C)C)c2c1OC(C)(C)OC2=O. The van der Waals surface area contributed by atoms with Crippen LogP contribution in [0.1, 0.15) is 72.4 Å². The first kappa shape index (κ1) is 18.8. The van der Waals surface area contributed by atoms with Crippen LogP contribution in [0.4, 0.5) is 0 Å². The van der Waals surface area contributed by atoms with Gasteiger partial charge >= 0.3 is 11.9 Å². The lowest BCUT2D eigenvalue weighted by molar-refractivity contribution is -0.128. The van der Waals surface area contributed by atoms with E-state index in [-0.39, 0.29) is 41.6 Å². The number of hydrogen-bond donors (Lipinski definition) is 1. The number of phenolic OH excluding ortho intramolecular Hbond substituents is 1. The molecule has 0 radical (unpaired) electrons. The molecule has 0 bridgehead atoms. The van der Waals surface area contributed by atoms with E-state index in [1.165, 1.54) is 0 Å². The lowest BCUT2D eigenvalue weighted by atomic mass is 9.86. The fourth-order valence-electron chi connectivity index (χ4n) is 2.96. The van der Waals surface area contributed by atoms with E-state index in [2.05, 4.69) is 6.58 Å². The highest BCUT2D eigenvalue weighted by Crippen LogP contribution is 2.46. The summed E-state index contributed by atoms with van der Waals surface area (Å²) in [6.45, 7) is 12.3. The predicted octanol–water partition coefficient (Wildman–Crippen LogP) is 3.71. The molecule has 1 aromatic rings. The number of benzene rings is 1. The van der Waals surface area contributed by atoms with E-state index in [0.717, 1.165) is 0 Å². The zero-order chi connectivity index (χ0) is 18.9. The number of phenols is 1. The van der Waals surface area contributed by atoms with Crippen LogP contribution in [0, 0.1) is 0 Å². The predicted molar refractivity (Wildman–Crippen MR) is 92.2 cm³/mol. The number of aromatic hydroxyl groups is 1. The summed E-state index contributed by atoms with van der Waals surface area (Å²) in [6.07, 6.45) is 1.79. The topological polar surface area (TPSA) is 82.1 Å². The lowest BCUT2D eigenvalue weighted by Crippen LogP contribution is -2.40. The van der Waals surface area contributed by atoms with Crippen molar-refractivity contribution in [3.05, 3.63) is 34.9 Å². The van der Waals surface area contributed by atoms with E-state index in [1.807, 2.05) is 13.8 Å². The molecule has 0 spiro atoms. The number of cyclic esters (lactones) is 1. The number of carbonyl (C=O) groups is 2. The summed E-state index contributed by atoms with van der Waals surface area (Å²) in [6, 6.07) is 0. The monoisotopic (exact) mass is 348 g/mol. The molecule has 2 rings (SSSR count). The molecule has 0 atom stereocenters. The molecule has 1 aliphatic heterocycles. The Kier molecular flexibility index (Phi) is 5.11. The summed E-state index contributed by atoms with van der Waals surface area (Å²) < 4.78 is 16.3.